The van der Waals surface area contributed by atoms with Crippen LogP contribution in [0.1, 0.15) is 43.3 Å². The summed E-state index contributed by atoms with van der Waals surface area (Å²) in [5.74, 6) is 0.396. The second-order valence-corrected chi connectivity index (χ2v) is 6.05. The lowest BCUT2D eigenvalue weighted by atomic mass is 10.1. The summed E-state index contributed by atoms with van der Waals surface area (Å²) in [5, 5.41) is 12.6. The highest BCUT2D eigenvalue weighted by molar-refractivity contribution is 7.18. The molecule has 0 fully saturated rings. The van der Waals surface area contributed by atoms with Crippen molar-refractivity contribution in [3.63, 3.8) is 0 Å². The number of aliphatic hydroxyl groups excluding tert-OH is 1. The fraction of sp³-hybridized carbons (Fsp3) is 0.714. The molecule has 0 saturated heterocycles. The number of hydrogen-bond donors (Lipinski definition) is 3. The van der Waals surface area contributed by atoms with Gasteiger partial charge in [-0.15, -0.1) is 0 Å². The third kappa shape index (κ3) is 5.17. The van der Waals surface area contributed by atoms with Crippen LogP contribution in [0.25, 0.3) is 0 Å². The summed E-state index contributed by atoms with van der Waals surface area (Å²) in [7, 11) is 0. The number of nitrogens with zero attached hydrogens (tertiary/aromatic N) is 2. The van der Waals surface area contributed by atoms with E-state index in [9.17, 15) is 4.79 Å². The maximum atomic E-state index is 12.1. The van der Waals surface area contributed by atoms with E-state index in [1.54, 1.807) is 0 Å². The van der Waals surface area contributed by atoms with Crippen LogP contribution in [-0.4, -0.2) is 42.2 Å². The fourth-order valence-corrected chi connectivity index (χ4v) is 2.97. The first-order valence-corrected chi connectivity index (χ1v) is 8.25. The number of hydrogen-bond acceptors (Lipinski definition) is 6. The van der Waals surface area contributed by atoms with Gasteiger partial charge < -0.3 is 21.1 Å². The molecule has 7 heteroatoms. The Kier molecular flexibility index (Phi) is 7.45. The molecule has 1 aromatic rings. The monoisotopic (exact) mass is 314 g/mol. The van der Waals surface area contributed by atoms with Crippen molar-refractivity contribution >= 4 is 28.2 Å². The molecule has 1 unspecified atom stereocenters. The molecule has 6 nitrogen and oxygen atoms in total. The molecule has 0 aliphatic carbocycles. The Labute approximate surface area is 130 Å². The van der Waals surface area contributed by atoms with Crippen LogP contribution < -0.4 is 16.0 Å². The first-order valence-electron chi connectivity index (χ1n) is 7.43. The van der Waals surface area contributed by atoms with Crippen molar-refractivity contribution in [3.8, 4) is 0 Å². The molecule has 1 heterocycles. The molecular formula is C14H26N4O2S. The zero-order valence-electron chi connectivity index (χ0n) is 13.1. The van der Waals surface area contributed by atoms with Gasteiger partial charge in [0.05, 0.1) is 0 Å². The smallest absolute Gasteiger partial charge is 0.265 e. The molecule has 0 aromatic carbocycles. The molecule has 1 rings (SSSR count). The van der Waals surface area contributed by atoms with Crippen LogP contribution >= 0.6 is 11.3 Å². The van der Waals surface area contributed by atoms with Gasteiger partial charge in [0.1, 0.15) is 10.7 Å². The van der Waals surface area contributed by atoms with Crippen LogP contribution in [0.3, 0.4) is 0 Å². The average Bonchev–Trinajstić information content (AvgIpc) is 2.86. The summed E-state index contributed by atoms with van der Waals surface area (Å²) < 4.78 is 0. The Morgan fingerprint density at radius 2 is 2.14 bits per heavy atom. The predicted molar refractivity (Wildman–Crippen MR) is 87.9 cm³/mol. The lowest BCUT2D eigenvalue weighted by Gasteiger charge is -2.16. The molecule has 4 N–H and O–H groups in total. The van der Waals surface area contributed by atoms with Crippen molar-refractivity contribution in [3.05, 3.63) is 4.88 Å². The topological polar surface area (TPSA) is 91.5 Å². The second kappa shape index (κ2) is 8.84. The van der Waals surface area contributed by atoms with E-state index in [0.717, 1.165) is 31.1 Å². The van der Waals surface area contributed by atoms with Crippen molar-refractivity contribution < 1.29 is 9.90 Å². The molecule has 1 atom stereocenters. The predicted octanol–water partition coefficient (Wildman–Crippen LogP) is 1.71. The van der Waals surface area contributed by atoms with Crippen molar-refractivity contribution in [2.75, 3.05) is 36.9 Å². The SMILES string of the molecule is CCN(CC)c1nc(N)c(C(=O)NCCCC(C)CO)s1. The Morgan fingerprint density at radius 1 is 1.48 bits per heavy atom. The minimum atomic E-state index is -0.167. The van der Waals surface area contributed by atoms with Gasteiger partial charge in [0.2, 0.25) is 0 Å². The van der Waals surface area contributed by atoms with E-state index in [0.29, 0.717) is 17.2 Å². The minimum Gasteiger partial charge on any atom is -0.396 e. The normalized spacial score (nSPS) is 12.2. The highest BCUT2D eigenvalue weighted by Gasteiger charge is 2.18. The largest absolute Gasteiger partial charge is 0.396 e. The van der Waals surface area contributed by atoms with Gasteiger partial charge in [0.25, 0.3) is 5.91 Å². The van der Waals surface area contributed by atoms with E-state index in [1.165, 1.54) is 11.3 Å². The fourth-order valence-electron chi connectivity index (χ4n) is 1.94. The van der Waals surface area contributed by atoms with E-state index in [1.807, 2.05) is 20.8 Å². The average molecular weight is 314 g/mol. The number of amides is 1. The summed E-state index contributed by atoms with van der Waals surface area (Å²) in [6.07, 6.45) is 1.73. The minimum absolute atomic E-state index is 0.167. The van der Waals surface area contributed by atoms with Gasteiger partial charge in [-0.3, -0.25) is 4.79 Å². The van der Waals surface area contributed by atoms with Gasteiger partial charge in [-0.1, -0.05) is 18.3 Å². The second-order valence-electron chi connectivity index (χ2n) is 5.07. The van der Waals surface area contributed by atoms with E-state index in [2.05, 4.69) is 15.2 Å². The number of anilines is 2. The molecule has 0 saturated carbocycles. The molecule has 1 amide bonds. The zero-order chi connectivity index (χ0) is 15.8. The maximum absolute atomic E-state index is 12.1. The summed E-state index contributed by atoms with van der Waals surface area (Å²) in [4.78, 5) is 18.9. The first-order chi connectivity index (χ1) is 10.0. The van der Waals surface area contributed by atoms with Gasteiger partial charge in [0.15, 0.2) is 5.13 Å². The molecule has 1 aromatic heterocycles. The van der Waals surface area contributed by atoms with Crippen molar-refractivity contribution in [1.29, 1.82) is 0 Å². The lowest BCUT2D eigenvalue weighted by Crippen LogP contribution is -2.24. The van der Waals surface area contributed by atoms with E-state index in [4.69, 9.17) is 10.8 Å². The summed E-state index contributed by atoms with van der Waals surface area (Å²) >= 11 is 1.33. The Morgan fingerprint density at radius 3 is 2.71 bits per heavy atom. The van der Waals surface area contributed by atoms with Gasteiger partial charge in [-0.25, -0.2) is 4.98 Å². The van der Waals surface area contributed by atoms with Crippen LogP contribution in [0, 0.1) is 5.92 Å². The molecule has 120 valence electrons. The Hall–Kier alpha value is -1.34. The number of carbonyl (C=O) groups is 1. The summed E-state index contributed by atoms with van der Waals surface area (Å²) in [5.41, 5.74) is 5.84. The van der Waals surface area contributed by atoms with Crippen molar-refractivity contribution in [2.24, 2.45) is 5.92 Å². The molecule has 21 heavy (non-hydrogen) atoms. The van der Waals surface area contributed by atoms with Crippen LogP contribution in [0.4, 0.5) is 10.9 Å². The molecule has 0 bridgehead atoms. The molecule has 0 radical (unpaired) electrons. The third-order valence-corrected chi connectivity index (χ3v) is 4.48. The first kappa shape index (κ1) is 17.7. The van der Waals surface area contributed by atoms with Crippen LogP contribution in [0.2, 0.25) is 0 Å². The number of aromatic nitrogens is 1. The number of carbonyl (C=O) groups excluding carboxylic acids is 1. The summed E-state index contributed by atoms with van der Waals surface area (Å²) in [6.45, 7) is 8.52. The zero-order valence-corrected chi connectivity index (χ0v) is 13.9. The quantitative estimate of drug-likeness (QED) is 0.604. The maximum Gasteiger partial charge on any atom is 0.265 e. The van der Waals surface area contributed by atoms with Crippen LogP contribution in [0.5, 0.6) is 0 Å². The van der Waals surface area contributed by atoms with Gasteiger partial charge in [0, 0.05) is 26.2 Å². The number of rotatable bonds is 9. The van der Waals surface area contributed by atoms with E-state index < -0.39 is 0 Å². The van der Waals surface area contributed by atoms with Crippen molar-refractivity contribution in [1.82, 2.24) is 10.3 Å². The van der Waals surface area contributed by atoms with Crippen LogP contribution in [-0.2, 0) is 0 Å². The van der Waals surface area contributed by atoms with Gasteiger partial charge in [-0.05, 0) is 32.6 Å². The van der Waals surface area contributed by atoms with Gasteiger partial charge in [-0.2, -0.15) is 0 Å². The number of nitrogens with two attached hydrogens (primary N) is 1. The molecular weight excluding hydrogens is 288 g/mol. The third-order valence-electron chi connectivity index (χ3n) is 3.35. The number of thiazole rings is 1. The Balaban J connectivity index is 2.54. The molecule has 0 aliphatic heterocycles. The van der Waals surface area contributed by atoms with E-state index >= 15 is 0 Å². The number of nitrogen functional groups attached to an aromatic ring is 1. The van der Waals surface area contributed by atoms with Gasteiger partial charge >= 0.3 is 0 Å². The van der Waals surface area contributed by atoms with Crippen molar-refractivity contribution in [2.45, 2.75) is 33.6 Å². The number of nitrogens with one attached hydrogen (secondary N) is 1. The molecule has 0 spiro atoms. The number of aliphatic hydroxyl groups is 1. The van der Waals surface area contributed by atoms with Crippen LogP contribution in [0.15, 0.2) is 0 Å². The Bertz CT molecular complexity index is 446. The lowest BCUT2D eigenvalue weighted by molar-refractivity contribution is 0.0957. The van der Waals surface area contributed by atoms with E-state index in [-0.39, 0.29) is 18.4 Å². The highest BCUT2D eigenvalue weighted by atomic mass is 32.1. The molecule has 0 aliphatic rings. The standard InChI is InChI=1S/C14H26N4O2S/c1-4-18(5-2)14-17-12(15)11(21-14)13(20)16-8-6-7-10(3)9-19/h10,19H,4-9,15H2,1-3H3,(H,16,20). The highest BCUT2D eigenvalue weighted by Crippen LogP contribution is 2.27. The summed E-state index contributed by atoms with van der Waals surface area (Å²) in [6, 6.07) is 0.